The number of para-hydroxylation sites is 1. The van der Waals surface area contributed by atoms with Gasteiger partial charge >= 0.3 is 6.18 Å². The van der Waals surface area contributed by atoms with Crippen LogP contribution in [0.15, 0.2) is 24.3 Å². The average molecular weight is 318 g/mol. The van der Waals surface area contributed by atoms with E-state index in [9.17, 15) is 18.0 Å². The minimum absolute atomic E-state index is 0.0817. The molecule has 0 saturated carbocycles. The molecule has 22 heavy (non-hydrogen) atoms. The molecule has 1 atom stereocenters. The van der Waals surface area contributed by atoms with E-state index in [-0.39, 0.29) is 18.2 Å². The van der Waals surface area contributed by atoms with Crippen LogP contribution < -0.4 is 10.6 Å². The van der Waals surface area contributed by atoms with Gasteiger partial charge in [-0.25, -0.2) is 0 Å². The first-order valence-corrected chi connectivity index (χ1v) is 7.11. The summed E-state index contributed by atoms with van der Waals surface area (Å²) in [4.78, 5) is 11.8. The van der Waals surface area contributed by atoms with Crippen molar-refractivity contribution in [2.45, 2.75) is 32.5 Å². The van der Waals surface area contributed by atoms with Gasteiger partial charge < -0.3 is 15.4 Å². The van der Waals surface area contributed by atoms with Crippen molar-refractivity contribution < 1.29 is 22.7 Å². The Morgan fingerprint density at radius 2 is 2.00 bits per heavy atom. The van der Waals surface area contributed by atoms with Crippen molar-refractivity contribution in [1.82, 2.24) is 5.32 Å². The van der Waals surface area contributed by atoms with E-state index >= 15 is 0 Å². The Hall–Kier alpha value is -1.60. The number of hydrogen-bond acceptors (Lipinski definition) is 3. The van der Waals surface area contributed by atoms with E-state index in [2.05, 4.69) is 10.6 Å². The Morgan fingerprint density at radius 1 is 1.32 bits per heavy atom. The zero-order valence-electron chi connectivity index (χ0n) is 12.7. The van der Waals surface area contributed by atoms with E-state index in [0.29, 0.717) is 19.8 Å². The van der Waals surface area contributed by atoms with Gasteiger partial charge in [0.2, 0.25) is 5.91 Å². The molecule has 7 heteroatoms. The third-order valence-corrected chi connectivity index (χ3v) is 2.94. The lowest BCUT2D eigenvalue weighted by Crippen LogP contribution is -2.33. The van der Waals surface area contributed by atoms with Crippen molar-refractivity contribution >= 4 is 11.6 Å². The third kappa shape index (κ3) is 6.44. The number of carbonyl (C=O) groups is 1. The van der Waals surface area contributed by atoms with E-state index < -0.39 is 17.6 Å². The molecule has 0 fully saturated rings. The Kier molecular flexibility index (Phi) is 7.34. The summed E-state index contributed by atoms with van der Waals surface area (Å²) in [6.07, 6.45) is -4.41. The lowest BCUT2D eigenvalue weighted by Gasteiger charge is -2.16. The van der Waals surface area contributed by atoms with Crippen LogP contribution in [-0.2, 0) is 15.7 Å². The van der Waals surface area contributed by atoms with Crippen molar-refractivity contribution in [2.24, 2.45) is 0 Å². The van der Waals surface area contributed by atoms with Gasteiger partial charge in [0, 0.05) is 25.6 Å². The molecule has 0 heterocycles. The molecule has 1 aromatic rings. The van der Waals surface area contributed by atoms with E-state index in [0.717, 1.165) is 6.07 Å². The predicted molar refractivity (Wildman–Crippen MR) is 78.6 cm³/mol. The third-order valence-electron chi connectivity index (χ3n) is 2.94. The second kappa shape index (κ2) is 8.75. The lowest BCUT2D eigenvalue weighted by atomic mass is 10.1. The molecule has 0 saturated heterocycles. The summed E-state index contributed by atoms with van der Waals surface area (Å²) in [7, 11) is 0. The number of halogens is 3. The van der Waals surface area contributed by atoms with Crippen LogP contribution in [0.3, 0.4) is 0 Å². The molecule has 0 spiro atoms. The molecule has 0 bridgehead atoms. The molecule has 1 aromatic carbocycles. The van der Waals surface area contributed by atoms with Gasteiger partial charge in [0.15, 0.2) is 0 Å². The van der Waals surface area contributed by atoms with Crippen LogP contribution in [0.4, 0.5) is 18.9 Å². The van der Waals surface area contributed by atoms with Crippen LogP contribution in [0.2, 0.25) is 0 Å². The van der Waals surface area contributed by atoms with Crippen LogP contribution in [0.1, 0.15) is 25.8 Å². The van der Waals surface area contributed by atoms with Crippen molar-refractivity contribution in [3.05, 3.63) is 29.8 Å². The van der Waals surface area contributed by atoms with Crippen LogP contribution in [0, 0.1) is 0 Å². The van der Waals surface area contributed by atoms with Crippen molar-refractivity contribution in [3.8, 4) is 0 Å². The molecule has 0 aliphatic carbocycles. The number of anilines is 1. The second-order valence-electron chi connectivity index (χ2n) is 4.85. The average Bonchev–Trinajstić information content (AvgIpc) is 2.43. The highest BCUT2D eigenvalue weighted by Crippen LogP contribution is 2.34. The van der Waals surface area contributed by atoms with Gasteiger partial charge in [-0.1, -0.05) is 12.1 Å². The smallest absolute Gasteiger partial charge is 0.380 e. The van der Waals surface area contributed by atoms with Crippen LogP contribution in [0.5, 0.6) is 0 Å². The molecule has 0 radical (unpaired) electrons. The van der Waals surface area contributed by atoms with Crippen LogP contribution in [0.25, 0.3) is 0 Å². The predicted octanol–water partition coefficient (Wildman–Crippen LogP) is 3.05. The summed E-state index contributed by atoms with van der Waals surface area (Å²) in [6.45, 7) is 5.40. The molecular weight excluding hydrogens is 297 g/mol. The highest BCUT2D eigenvalue weighted by molar-refractivity contribution is 5.92. The fourth-order valence-corrected chi connectivity index (χ4v) is 1.91. The standard InChI is InChI=1S/C15H21F3N2O2/c1-3-22-9-8-19-11(2)10-14(21)20-13-7-5-4-6-12(13)15(16,17)18/h4-7,11,19H,3,8-10H2,1-2H3,(H,20,21). The first kappa shape index (κ1) is 18.4. The van der Waals surface area contributed by atoms with Crippen molar-refractivity contribution in [2.75, 3.05) is 25.1 Å². The normalized spacial score (nSPS) is 13.0. The topological polar surface area (TPSA) is 50.4 Å². The van der Waals surface area contributed by atoms with Gasteiger partial charge in [-0.05, 0) is 26.0 Å². The molecule has 0 aliphatic heterocycles. The van der Waals surface area contributed by atoms with E-state index in [1.807, 2.05) is 6.92 Å². The van der Waals surface area contributed by atoms with Crippen LogP contribution >= 0.6 is 0 Å². The van der Waals surface area contributed by atoms with Gasteiger partial charge in [0.05, 0.1) is 17.9 Å². The summed E-state index contributed by atoms with van der Waals surface area (Å²) in [5.41, 5.74) is -1.07. The molecule has 1 rings (SSSR count). The number of alkyl halides is 3. The number of nitrogens with one attached hydrogen (secondary N) is 2. The monoisotopic (exact) mass is 318 g/mol. The van der Waals surface area contributed by atoms with Gasteiger partial charge in [-0.15, -0.1) is 0 Å². The minimum atomic E-state index is -4.49. The lowest BCUT2D eigenvalue weighted by molar-refractivity contribution is -0.137. The van der Waals surface area contributed by atoms with Crippen LogP contribution in [-0.4, -0.2) is 31.7 Å². The number of hydrogen-bond donors (Lipinski definition) is 2. The van der Waals surface area contributed by atoms with E-state index in [1.165, 1.54) is 18.2 Å². The molecule has 2 N–H and O–H groups in total. The second-order valence-corrected chi connectivity index (χ2v) is 4.85. The number of benzene rings is 1. The van der Waals surface area contributed by atoms with Gasteiger partial charge in [-0.2, -0.15) is 13.2 Å². The van der Waals surface area contributed by atoms with Crippen molar-refractivity contribution in [1.29, 1.82) is 0 Å². The molecule has 1 unspecified atom stereocenters. The molecule has 124 valence electrons. The highest BCUT2D eigenvalue weighted by atomic mass is 19.4. The summed E-state index contributed by atoms with van der Waals surface area (Å²) in [6, 6.07) is 4.77. The maximum Gasteiger partial charge on any atom is 0.418 e. The minimum Gasteiger partial charge on any atom is -0.380 e. The number of amides is 1. The summed E-state index contributed by atoms with van der Waals surface area (Å²) >= 11 is 0. The Balaban J connectivity index is 2.52. The quantitative estimate of drug-likeness (QED) is 0.724. The number of carbonyl (C=O) groups excluding carboxylic acids is 1. The van der Waals surface area contributed by atoms with E-state index in [1.54, 1.807) is 6.92 Å². The van der Waals surface area contributed by atoms with Gasteiger partial charge in [0.1, 0.15) is 0 Å². The summed E-state index contributed by atoms with van der Waals surface area (Å²) < 4.78 is 43.6. The SMILES string of the molecule is CCOCCNC(C)CC(=O)Nc1ccccc1C(F)(F)F. The molecule has 4 nitrogen and oxygen atoms in total. The number of rotatable bonds is 8. The summed E-state index contributed by atoms with van der Waals surface area (Å²) in [5.74, 6) is -0.465. The Morgan fingerprint density at radius 3 is 2.64 bits per heavy atom. The fourth-order valence-electron chi connectivity index (χ4n) is 1.91. The van der Waals surface area contributed by atoms with Gasteiger partial charge in [0.25, 0.3) is 0 Å². The highest BCUT2D eigenvalue weighted by Gasteiger charge is 2.33. The largest absolute Gasteiger partial charge is 0.418 e. The maximum absolute atomic E-state index is 12.8. The zero-order valence-corrected chi connectivity index (χ0v) is 12.7. The fraction of sp³-hybridized carbons (Fsp3) is 0.533. The van der Waals surface area contributed by atoms with E-state index in [4.69, 9.17) is 4.74 Å². The first-order valence-electron chi connectivity index (χ1n) is 7.11. The molecule has 0 aliphatic rings. The Bertz CT molecular complexity index is 478. The van der Waals surface area contributed by atoms with Crippen molar-refractivity contribution in [3.63, 3.8) is 0 Å². The number of ether oxygens (including phenoxy) is 1. The van der Waals surface area contributed by atoms with Gasteiger partial charge in [-0.3, -0.25) is 4.79 Å². The molecule has 1 amide bonds. The first-order chi connectivity index (χ1) is 10.3. The maximum atomic E-state index is 12.8. The summed E-state index contributed by atoms with van der Waals surface area (Å²) in [5, 5.41) is 5.39. The zero-order chi connectivity index (χ0) is 16.6. The Labute approximate surface area is 128 Å². The molecule has 0 aromatic heterocycles. The molecular formula is C15H21F3N2O2.